The fourth-order valence-corrected chi connectivity index (χ4v) is 1.31. The first-order valence-corrected chi connectivity index (χ1v) is 5.48. The summed E-state index contributed by atoms with van der Waals surface area (Å²) in [6.07, 6.45) is 0.405. The van der Waals surface area contributed by atoms with Crippen molar-refractivity contribution < 1.29 is 4.79 Å². The van der Waals surface area contributed by atoms with E-state index in [4.69, 9.17) is 5.84 Å². The zero-order valence-corrected chi connectivity index (χ0v) is 10.1. The van der Waals surface area contributed by atoms with Crippen LogP contribution in [0.1, 0.15) is 19.0 Å². The van der Waals surface area contributed by atoms with Gasteiger partial charge in [0.15, 0.2) is 0 Å². The van der Waals surface area contributed by atoms with Crippen LogP contribution in [0.25, 0.3) is 0 Å². The lowest BCUT2D eigenvalue weighted by Gasteiger charge is -2.07. The van der Waals surface area contributed by atoms with E-state index in [0.29, 0.717) is 31.3 Å². The molecule has 17 heavy (non-hydrogen) atoms. The van der Waals surface area contributed by atoms with Gasteiger partial charge in [0.25, 0.3) is 0 Å². The van der Waals surface area contributed by atoms with Crippen LogP contribution in [-0.4, -0.2) is 29.0 Å². The van der Waals surface area contributed by atoms with Crippen molar-refractivity contribution in [2.24, 2.45) is 5.84 Å². The van der Waals surface area contributed by atoms with Crippen molar-refractivity contribution in [2.45, 2.75) is 20.3 Å². The Balaban J connectivity index is 2.46. The van der Waals surface area contributed by atoms with Gasteiger partial charge in [-0.3, -0.25) is 10.2 Å². The normalized spacial score (nSPS) is 9.82. The number of carbonyl (C=O) groups excluding carboxylic acids is 1. The second-order valence-electron chi connectivity index (χ2n) is 3.49. The van der Waals surface area contributed by atoms with Crippen molar-refractivity contribution in [2.75, 3.05) is 23.8 Å². The highest BCUT2D eigenvalue weighted by atomic mass is 16.1. The van der Waals surface area contributed by atoms with E-state index in [1.807, 2.05) is 13.8 Å². The first-order valence-electron chi connectivity index (χ1n) is 5.48. The van der Waals surface area contributed by atoms with E-state index in [9.17, 15) is 4.79 Å². The molecule has 1 aromatic rings. The molecule has 0 spiro atoms. The van der Waals surface area contributed by atoms with Gasteiger partial charge >= 0.3 is 0 Å². The molecule has 0 radical (unpaired) electrons. The molecule has 1 heterocycles. The van der Waals surface area contributed by atoms with E-state index in [-0.39, 0.29) is 5.91 Å². The van der Waals surface area contributed by atoms with Gasteiger partial charge in [-0.15, -0.1) is 0 Å². The number of rotatable bonds is 6. The van der Waals surface area contributed by atoms with Gasteiger partial charge in [-0.25, -0.2) is 10.8 Å². The topological polar surface area (TPSA) is 105 Å². The highest BCUT2D eigenvalue weighted by Gasteiger charge is 2.02. The quantitative estimate of drug-likeness (QED) is 0.411. The van der Waals surface area contributed by atoms with Crippen molar-refractivity contribution in [3.8, 4) is 0 Å². The average Bonchev–Trinajstić information content (AvgIpc) is 2.28. The maximum Gasteiger partial charge on any atom is 0.239 e. The van der Waals surface area contributed by atoms with Gasteiger partial charge in [-0.2, -0.15) is 4.98 Å². The number of hydrogen-bond donors (Lipinski definition) is 4. The van der Waals surface area contributed by atoms with Crippen molar-refractivity contribution >= 4 is 17.7 Å². The van der Waals surface area contributed by atoms with Crippen molar-refractivity contribution in [1.29, 1.82) is 0 Å². The molecule has 0 bridgehead atoms. The van der Waals surface area contributed by atoms with Gasteiger partial charge < -0.3 is 10.6 Å². The third-order valence-corrected chi connectivity index (χ3v) is 2.02. The van der Waals surface area contributed by atoms with E-state index in [1.165, 1.54) is 0 Å². The zero-order valence-electron chi connectivity index (χ0n) is 10.1. The first kappa shape index (κ1) is 13.2. The predicted molar refractivity (Wildman–Crippen MR) is 66.4 cm³/mol. The maximum absolute atomic E-state index is 11.2. The number of hydrogen-bond acceptors (Lipinski definition) is 6. The van der Waals surface area contributed by atoms with Crippen LogP contribution in [-0.2, 0) is 4.79 Å². The summed E-state index contributed by atoms with van der Waals surface area (Å²) < 4.78 is 0. The molecule has 0 saturated heterocycles. The molecular formula is C10H18N6O. The summed E-state index contributed by atoms with van der Waals surface area (Å²) in [6, 6.07) is 1.79. The number of carbonyl (C=O) groups is 1. The summed E-state index contributed by atoms with van der Waals surface area (Å²) in [4.78, 5) is 19.4. The number of amides is 1. The van der Waals surface area contributed by atoms with Crippen LogP contribution in [0.2, 0.25) is 0 Å². The Morgan fingerprint density at radius 1 is 1.47 bits per heavy atom. The molecule has 0 aliphatic rings. The molecule has 0 aliphatic carbocycles. The van der Waals surface area contributed by atoms with Gasteiger partial charge in [0, 0.05) is 31.3 Å². The number of anilines is 2. The number of aromatic nitrogens is 2. The summed E-state index contributed by atoms with van der Waals surface area (Å²) >= 11 is 0. The molecule has 0 atom stereocenters. The highest BCUT2D eigenvalue weighted by Crippen LogP contribution is 2.08. The molecule has 0 aliphatic heterocycles. The van der Waals surface area contributed by atoms with Crippen molar-refractivity contribution in [1.82, 2.24) is 15.3 Å². The van der Waals surface area contributed by atoms with Crippen molar-refractivity contribution in [3.05, 3.63) is 11.8 Å². The summed E-state index contributed by atoms with van der Waals surface area (Å²) in [7, 11) is 0. The van der Waals surface area contributed by atoms with Crippen LogP contribution in [0.5, 0.6) is 0 Å². The van der Waals surface area contributed by atoms with Gasteiger partial charge in [0.05, 0.1) is 0 Å². The minimum atomic E-state index is 0.0166. The van der Waals surface area contributed by atoms with E-state index >= 15 is 0 Å². The minimum absolute atomic E-state index is 0.0166. The molecule has 94 valence electrons. The van der Waals surface area contributed by atoms with E-state index in [0.717, 1.165) is 5.69 Å². The second-order valence-corrected chi connectivity index (χ2v) is 3.49. The Bertz CT molecular complexity index is 381. The van der Waals surface area contributed by atoms with Gasteiger partial charge in [-0.1, -0.05) is 0 Å². The van der Waals surface area contributed by atoms with Crippen LogP contribution in [0, 0.1) is 6.92 Å². The number of aryl methyl sites for hydroxylation is 1. The molecular weight excluding hydrogens is 220 g/mol. The molecule has 0 fully saturated rings. The lowest BCUT2D eigenvalue weighted by Crippen LogP contribution is -2.25. The summed E-state index contributed by atoms with van der Waals surface area (Å²) in [5.74, 6) is 6.25. The number of nitrogen functional groups attached to an aromatic ring is 1. The zero-order chi connectivity index (χ0) is 12.7. The standard InChI is InChI=1S/C10H18N6O/c1-3-12-9(17)4-5-13-8-6-7(2)14-10(15-8)16-11/h6H,3-5,11H2,1-2H3,(H,12,17)(H2,13,14,15,16). The number of nitrogens with two attached hydrogens (primary N) is 1. The Labute approximate surface area is 100 Å². The maximum atomic E-state index is 11.2. The van der Waals surface area contributed by atoms with Crippen LogP contribution in [0.3, 0.4) is 0 Å². The van der Waals surface area contributed by atoms with Gasteiger partial charge in [0.1, 0.15) is 5.82 Å². The van der Waals surface area contributed by atoms with Crippen LogP contribution in [0.15, 0.2) is 6.07 Å². The molecule has 1 rings (SSSR count). The highest BCUT2D eigenvalue weighted by molar-refractivity contribution is 5.76. The van der Waals surface area contributed by atoms with Crippen LogP contribution >= 0.6 is 0 Å². The first-order chi connectivity index (χ1) is 8.15. The van der Waals surface area contributed by atoms with E-state index in [1.54, 1.807) is 6.07 Å². The van der Waals surface area contributed by atoms with E-state index < -0.39 is 0 Å². The van der Waals surface area contributed by atoms with Crippen LogP contribution < -0.4 is 21.9 Å². The number of nitrogens with one attached hydrogen (secondary N) is 3. The van der Waals surface area contributed by atoms with Crippen molar-refractivity contribution in [3.63, 3.8) is 0 Å². The number of hydrazine groups is 1. The molecule has 0 aromatic carbocycles. The Morgan fingerprint density at radius 2 is 2.24 bits per heavy atom. The molecule has 0 saturated carbocycles. The largest absolute Gasteiger partial charge is 0.369 e. The van der Waals surface area contributed by atoms with Gasteiger partial charge in [-0.05, 0) is 13.8 Å². The third-order valence-electron chi connectivity index (χ3n) is 2.02. The minimum Gasteiger partial charge on any atom is -0.369 e. The lowest BCUT2D eigenvalue weighted by atomic mass is 10.3. The molecule has 1 amide bonds. The second kappa shape index (κ2) is 6.64. The molecule has 5 N–H and O–H groups in total. The lowest BCUT2D eigenvalue weighted by molar-refractivity contribution is -0.120. The smallest absolute Gasteiger partial charge is 0.239 e. The summed E-state index contributed by atoms with van der Waals surface area (Å²) in [5.41, 5.74) is 3.19. The fraction of sp³-hybridized carbons (Fsp3) is 0.500. The summed E-state index contributed by atoms with van der Waals surface area (Å²) in [5, 5.41) is 5.76. The van der Waals surface area contributed by atoms with E-state index in [2.05, 4.69) is 26.0 Å². The Hall–Kier alpha value is -1.89. The fourth-order valence-electron chi connectivity index (χ4n) is 1.31. The molecule has 0 unspecified atom stereocenters. The Morgan fingerprint density at radius 3 is 2.88 bits per heavy atom. The predicted octanol–water partition coefficient (Wildman–Crippen LogP) is 0.00872. The molecule has 7 heteroatoms. The average molecular weight is 238 g/mol. The molecule has 7 nitrogen and oxygen atoms in total. The number of nitrogens with zero attached hydrogens (tertiary/aromatic N) is 2. The molecule has 1 aromatic heterocycles. The Kier molecular flexibility index (Phi) is 5.15. The van der Waals surface area contributed by atoms with Crippen LogP contribution in [0.4, 0.5) is 11.8 Å². The monoisotopic (exact) mass is 238 g/mol. The summed E-state index contributed by atoms with van der Waals surface area (Å²) in [6.45, 7) is 4.90. The van der Waals surface area contributed by atoms with Gasteiger partial charge in [0.2, 0.25) is 11.9 Å². The third kappa shape index (κ3) is 4.64. The SMILES string of the molecule is CCNC(=O)CCNc1cc(C)nc(NN)n1.